The number of hydrogen-bond donors (Lipinski definition) is 3. The Morgan fingerprint density at radius 3 is 2.67 bits per heavy atom. The second-order valence-corrected chi connectivity index (χ2v) is 13.8. The molecular weight excluding hydrogens is 638 g/mol. The van der Waals surface area contributed by atoms with Crippen LogP contribution in [0.1, 0.15) is 51.2 Å². The first-order chi connectivity index (χ1) is 22.6. The fourth-order valence-electron chi connectivity index (χ4n) is 6.79. The third-order valence-corrected chi connectivity index (χ3v) is 10.1. The zero-order valence-electron chi connectivity index (χ0n) is 28.1. The van der Waals surface area contributed by atoms with Crippen LogP contribution in [0.3, 0.4) is 0 Å². The molecule has 11 nitrogen and oxygen atoms in total. The molecule has 2 aromatic carbocycles. The summed E-state index contributed by atoms with van der Waals surface area (Å²) in [6, 6.07) is 10.5. The largest absolute Gasteiger partial charge is 0.462 e. The maximum atomic E-state index is 13.9. The van der Waals surface area contributed by atoms with Gasteiger partial charge in [0, 0.05) is 37.9 Å². The number of esters is 1. The van der Waals surface area contributed by atoms with Crippen molar-refractivity contribution in [3.8, 4) is 0 Å². The molecule has 2 amide bonds. The van der Waals surface area contributed by atoms with Gasteiger partial charge in [-0.15, -0.1) is 0 Å². The smallest absolute Gasteiger partial charge is 0.412 e. The first kappa shape index (κ1) is 35.4. The molecule has 3 heterocycles. The maximum absolute atomic E-state index is 13.9. The molecule has 0 saturated carbocycles. The fraction of sp³-hybridized carbons (Fsp3) is 0.472. The van der Waals surface area contributed by atoms with E-state index in [4.69, 9.17) is 36.3 Å². The average molecular weight is 682 g/mol. The molecule has 3 aliphatic rings. The van der Waals surface area contributed by atoms with Crippen LogP contribution >= 0.6 is 11.6 Å². The van der Waals surface area contributed by atoms with Gasteiger partial charge in [-0.3, -0.25) is 14.9 Å². The molecule has 4 N–H and O–H groups in total. The Labute approximate surface area is 286 Å². The summed E-state index contributed by atoms with van der Waals surface area (Å²) in [5, 5.41) is 14.9. The van der Waals surface area contributed by atoms with Crippen LogP contribution in [0.25, 0.3) is 0 Å². The van der Waals surface area contributed by atoms with Crippen molar-refractivity contribution < 1.29 is 38.4 Å². The van der Waals surface area contributed by atoms with E-state index in [1.807, 2.05) is 45.1 Å². The summed E-state index contributed by atoms with van der Waals surface area (Å²) in [5.41, 5.74) is 7.36. The number of allylic oxidation sites excluding steroid dienone is 3. The van der Waals surface area contributed by atoms with E-state index in [0.29, 0.717) is 28.5 Å². The van der Waals surface area contributed by atoms with Crippen molar-refractivity contribution in [1.29, 1.82) is 0 Å². The highest BCUT2D eigenvalue weighted by molar-refractivity contribution is 6.34. The van der Waals surface area contributed by atoms with Gasteiger partial charge in [-0.25, -0.2) is 4.79 Å². The summed E-state index contributed by atoms with van der Waals surface area (Å²) in [5.74, 6) is -1.36. The van der Waals surface area contributed by atoms with Crippen molar-refractivity contribution in [2.75, 3.05) is 30.1 Å². The van der Waals surface area contributed by atoms with Crippen molar-refractivity contribution in [2.24, 2.45) is 5.92 Å². The molecule has 5 rings (SSSR count). The van der Waals surface area contributed by atoms with Crippen LogP contribution in [0.2, 0.25) is 5.02 Å². The molecule has 7 atom stereocenters. The Balaban J connectivity index is 1.53. The molecule has 48 heavy (non-hydrogen) atoms. The number of anilines is 3. The molecule has 2 fully saturated rings. The van der Waals surface area contributed by atoms with Crippen molar-refractivity contribution in [2.45, 2.75) is 89.0 Å². The van der Waals surface area contributed by atoms with E-state index >= 15 is 0 Å². The van der Waals surface area contributed by atoms with Crippen LogP contribution in [-0.2, 0) is 35.0 Å². The molecule has 2 saturated heterocycles. The summed E-state index contributed by atoms with van der Waals surface area (Å²) >= 11 is 6.74. The lowest BCUT2D eigenvalue weighted by Gasteiger charge is -2.41. The fourth-order valence-corrected chi connectivity index (χ4v) is 7.02. The average Bonchev–Trinajstić information content (AvgIpc) is 3.71. The van der Waals surface area contributed by atoms with Crippen LogP contribution in [0.4, 0.5) is 21.9 Å². The summed E-state index contributed by atoms with van der Waals surface area (Å²) in [4.78, 5) is 41.5. The molecule has 258 valence electrons. The van der Waals surface area contributed by atoms with Gasteiger partial charge in [-0.2, -0.15) is 0 Å². The summed E-state index contributed by atoms with van der Waals surface area (Å²) in [7, 11) is 3.12. The van der Waals surface area contributed by atoms with E-state index < -0.39 is 53.6 Å². The molecule has 0 aromatic heterocycles. The van der Waals surface area contributed by atoms with E-state index in [0.717, 1.165) is 16.7 Å². The number of carbonyl (C=O) groups excluding carboxylic acids is 3. The van der Waals surface area contributed by atoms with E-state index in [9.17, 15) is 19.5 Å². The van der Waals surface area contributed by atoms with Gasteiger partial charge in [0.25, 0.3) is 0 Å². The second kappa shape index (κ2) is 13.9. The van der Waals surface area contributed by atoms with Gasteiger partial charge in [-0.1, -0.05) is 54.5 Å². The van der Waals surface area contributed by atoms with E-state index in [1.165, 1.54) is 12.0 Å². The monoisotopic (exact) mass is 681 g/mol. The van der Waals surface area contributed by atoms with Crippen molar-refractivity contribution in [1.82, 2.24) is 0 Å². The molecule has 0 spiro atoms. The van der Waals surface area contributed by atoms with Gasteiger partial charge in [0.1, 0.15) is 29.5 Å². The lowest BCUT2D eigenvalue weighted by Crippen LogP contribution is -2.53. The highest BCUT2D eigenvalue weighted by atomic mass is 35.5. The number of nitrogens with two attached hydrogens (primary N) is 1. The minimum absolute atomic E-state index is 0.0914. The SMILES string of the molecule is CO[C@@H]1/C=C/C=C(\C)Cc2cc(C)c(Cl)c(c2)N(C)C(=O)C[C@H](OC(=O)Nc2cccc(N)c2)[C@]2(C)O[C@H]2[C@H](C)[C@@H]2C[C@@]1(O)CC(=O)O2. The van der Waals surface area contributed by atoms with Crippen LogP contribution in [0.15, 0.2) is 60.2 Å². The predicted octanol–water partition coefficient (Wildman–Crippen LogP) is 5.50. The third kappa shape index (κ3) is 7.54. The minimum Gasteiger partial charge on any atom is -0.462 e. The molecule has 3 aliphatic heterocycles. The molecule has 0 unspecified atom stereocenters. The Morgan fingerprint density at radius 1 is 1.21 bits per heavy atom. The van der Waals surface area contributed by atoms with Gasteiger partial charge in [0.2, 0.25) is 5.91 Å². The molecule has 0 radical (unpaired) electrons. The summed E-state index contributed by atoms with van der Waals surface area (Å²) in [6.45, 7) is 7.45. The van der Waals surface area contributed by atoms with E-state index in [-0.39, 0.29) is 25.2 Å². The zero-order valence-corrected chi connectivity index (χ0v) is 28.9. The van der Waals surface area contributed by atoms with Crippen molar-refractivity contribution >= 4 is 46.6 Å². The minimum atomic E-state index is -1.54. The summed E-state index contributed by atoms with van der Waals surface area (Å²) in [6.07, 6.45) is 1.69. The Bertz CT molecular complexity index is 1640. The van der Waals surface area contributed by atoms with Crippen LogP contribution < -0.4 is 16.0 Å². The van der Waals surface area contributed by atoms with Crippen molar-refractivity contribution in [3.63, 3.8) is 0 Å². The molecule has 4 bridgehead atoms. The van der Waals surface area contributed by atoms with E-state index in [2.05, 4.69) is 5.32 Å². The number of rotatable bonds is 3. The lowest BCUT2D eigenvalue weighted by molar-refractivity contribution is -0.187. The molecule has 2 aromatic rings. The second-order valence-electron chi connectivity index (χ2n) is 13.4. The highest BCUT2D eigenvalue weighted by Crippen LogP contribution is 2.49. The number of nitrogens with one attached hydrogen (secondary N) is 1. The van der Waals surface area contributed by atoms with Gasteiger partial charge in [0.05, 0.1) is 29.7 Å². The number of aryl methyl sites for hydroxylation is 1. The number of amides is 2. The number of carbonyl (C=O) groups is 3. The molecule has 12 heteroatoms. The van der Waals surface area contributed by atoms with Gasteiger partial charge >= 0.3 is 12.1 Å². The predicted molar refractivity (Wildman–Crippen MR) is 183 cm³/mol. The normalized spacial score (nSPS) is 32.7. The van der Waals surface area contributed by atoms with Crippen LogP contribution in [0.5, 0.6) is 0 Å². The first-order valence-electron chi connectivity index (χ1n) is 16.0. The number of fused-ring (bicyclic) bond motifs is 5. The summed E-state index contributed by atoms with van der Waals surface area (Å²) < 4.78 is 23.6. The Morgan fingerprint density at radius 2 is 1.96 bits per heavy atom. The Kier molecular flexibility index (Phi) is 10.3. The van der Waals surface area contributed by atoms with Gasteiger partial charge in [-0.05, 0) is 62.6 Å². The van der Waals surface area contributed by atoms with Gasteiger partial charge in [0.15, 0.2) is 0 Å². The number of aliphatic hydroxyl groups is 1. The highest BCUT2D eigenvalue weighted by Gasteiger charge is 2.64. The lowest BCUT2D eigenvalue weighted by atomic mass is 9.78. The number of nitrogen functional groups attached to an aromatic ring is 1. The third-order valence-electron chi connectivity index (χ3n) is 9.59. The number of nitrogens with zero attached hydrogens (tertiary/aromatic N) is 1. The number of benzene rings is 2. The molecule has 0 aliphatic carbocycles. The maximum Gasteiger partial charge on any atom is 0.412 e. The Hall–Kier alpha value is -3.90. The topological polar surface area (TPSA) is 153 Å². The van der Waals surface area contributed by atoms with Crippen LogP contribution in [0, 0.1) is 12.8 Å². The quantitative estimate of drug-likeness (QED) is 0.216. The molecular formula is C36H44ClN3O8. The number of hydrogen-bond acceptors (Lipinski definition) is 9. The first-order valence-corrected chi connectivity index (χ1v) is 16.4. The number of methoxy groups -OCH3 is 1. The number of halogens is 1. The van der Waals surface area contributed by atoms with Gasteiger partial charge < -0.3 is 34.7 Å². The number of epoxide rings is 1. The van der Waals surface area contributed by atoms with Crippen LogP contribution in [-0.4, -0.2) is 72.9 Å². The van der Waals surface area contributed by atoms with Crippen molar-refractivity contribution in [3.05, 3.63) is 76.3 Å². The number of ether oxygens (including phenoxy) is 4. The standard InChI is InChI=1S/C36H44ClN3O8/c1-20-9-7-12-28(45-6)36(44)18-27(46-31(42)19-36)22(3)33-35(4,48-33)29(47-34(43)39-25-11-8-10-24(38)16-25)17-30(41)40(5)26-15-23(13-20)14-21(2)32(26)37/h7-12,14-16,22,27-29,33,44H,13,17-19,38H2,1-6H3,(H,39,43)/b12-7+,20-9+/t22-,27+,28-,29+,33+,35+,36-/m1/s1. The zero-order chi connectivity index (χ0) is 35.0. The van der Waals surface area contributed by atoms with E-state index in [1.54, 1.807) is 44.3 Å².